The highest BCUT2D eigenvalue weighted by Gasteiger charge is 2.28. The number of ether oxygens (including phenoxy) is 1. The molecular formula is C17H27NO. The van der Waals surface area contributed by atoms with Gasteiger partial charge in [-0.2, -0.15) is 0 Å². The minimum Gasteiger partial charge on any atom is -0.496 e. The average molecular weight is 261 g/mol. The smallest absolute Gasteiger partial charge is 0.122 e. The third kappa shape index (κ3) is 2.64. The first kappa shape index (κ1) is 14.4. The van der Waals surface area contributed by atoms with Crippen LogP contribution in [-0.4, -0.2) is 24.6 Å². The Hall–Kier alpha value is -1.02. The lowest BCUT2D eigenvalue weighted by Gasteiger charge is -2.32. The number of benzene rings is 1. The zero-order valence-corrected chi connectivity index (χ0v) is 13.0. The summed E-state index contributed by atoms with van der Waals surface area (Å²) in [6.45, 7) is 10.3. The van der Waals surface area contributed by atoms with Crippen LogP contribution in [0, 0.1) is 13.8 Å². The van der Waals surface area contributed by atoms with Gasteiger partial charge in [0.1, 0.15) is 5.75 Å². The molecule has 2 nitrogen and oxygen atoms in total. The second-order valence-corrected chi connectivity index (χ2v) is 5.73. The summed E-state index contributed by atoms with van der Waals surface area (Å²) < 4.78 is 5.41. The number of methoxy groups -OCH3 is 1. The molecule has 1 fully saturated rings. The number of hydrogen-bond acceptors (Lipinski definition) is 2. The molecule has 0 amide bonds. The number of rotatable bonds is 4. The van der Waals surface area contributed by atoms with Crippen LogP contribution in [0.1, 0.15) is 55.8 Å². The van der Waals surface area contributed by atoms with Crippen molar-refractivity contribution in [3.05, 3.63) is 28.8 Å². The lowest BCUT2D eigenvalue weighted by atomic mass is 9.96. The Labute approximate surface area is 117 Å². The van der Waals surface area contributed by atoms with Gasteiger partial charge in [0, 0.05) is 12.1 Å². The fourth-order valence-electron chi connectivity index (χ4n) is 3.48. The van der Waals surface area contributed by atoms with Gasteiger partial charge < -0.3 is 4.74 Å². The highest BCUT2D eigenvalue weighted by Crippen LogP contribution is 2.34. The van der Waals surface area contributed by atoms with Gasteiger partial charge in [-0.25, -0.2) is 0 Å². The van der Waals surface area contributed by atoms with Crippen LogP contribution >= 0.6 is 0 Å². The molecule has 0 aromatic heterocycles. The molecule has 1 aromatic carbocycles. The molecule has 0 aliphatic carbocycles. The summed E-state index contributed by atoms with van der Waals surface area (Å²) in [5, 5.41) is 0. The fraction of sp³-hybridized carbons (Fsp3) is 0.647. The molecule has 0 bridgehead atoms. The van der Waals surface area contributed by atoms with Gasteiger partial charge >= 0.3 is 0 Å². The van der Waals surface area contributed by atoms with Crippen molar-refractivity contribution in [1.82, 2.24) is 4.90 Å². The van der Waals surface area contributed by atoms with Crippen LogP contribution < -0.4 is 4.74 Å². The summed E-state index contributed by atoms with van der Waals surface area (Å²) in [6, 6.07) is 5.64. The minimum atomic E-state index is 0.511. The van der Waals surface area contributed by atoms with E-state index in [1.807, 2.05) is 0 Å². The normalized spacial score (nSPS) is 21.6. The van der Waals surface area contributed by atoms with Crippen molar-refractivity contribution in [3.63, 3.8) is 0 Å². The molecular weight excluding hydrogens is 234 g/mol. The van der Waals surface area contributed by atoms with Crippen LogP contribution in [0.15, 0.2) is 12.1 Å². The van der Waals surface area contributed by atoms with E-state index in [4.69, 9.17) is 4.74 Å². The van der Waals surface area contributed by atoms with Gasteiger partial charge in [0.2, 0.25) is 0 Å². The van der Waals surface area contributed by atoms with E-state index in [0.717, 1.165) is 11.8 Å². The summed E-state index contributed by atoms with van der Waals surface area (Å²) in [5.41, 5.74) is 4.12. The van der Waals surface area contributed by atoms with E-state index in [-0.39, 0.29) is 0 Å². The van der Waals surface area contributed by atoms with E-state index < -0.39 is 0 Å². The van der Waals surface area contributed by atoms with Crippen molar-refractivity contribution in [2.75, 3.05) is 13.7 Å². The van der Waals surface area contributed by atoms with Gasteiger partial charge in [0.05, 0.1) is 7.11 Å². The van der Waals surface area contributed by atoms with Gasteiger partial charge in [-0.15, -0.1) is 0 Å². The lowest BCUT2D eigenvalue weighted by Crippen LogP contribution is -2.32. The molecule has 106 valence electrons. The van der Waals surface area contributed by atoms with Crippen molar-refractivity contribution >= 4 is 0 Å². The minimum absolute atomic E-state index is 0.511. The average Bonchev–Trinajstić information content (AvgIpc) is 2.89. The second kappa shape index (κ2) is 5.96. The second-order valence-electron chi connectivity index (χ2n) is 5.73. The molecule has 1 aromatic rings. The molecule has 1 unspecified atom stereocenters. The first-order valence-corrected chi connectivity index (χ1v) is 7.50. The molecule has 0 N–H and O–H groups in total. The van der Waals surface area contributed by atoms with Crippen LogP contribution in [0.5, 0.6) is 5.75 Å². The van der Waals surface area contributed by atoms with E-state index in [2.05, 4.69) is 44.7 Å². The summed E-state index contributed by atoms with van der Waals surface area (Å²) in [6.07, 6.45) is 3.96. The Morgan fingerprint density at radius 3 is 2.68 bits per heavy atom. The standard InChI is InChI=1S/C17H27NO/c1-6-15-8-7-11-18(15)14(4)16-9-10-17(19-5)13(3)12(16)2/h9-10,14-15H,6-8,11H2,1-5H3/t14-,15?/m0/s1. The van der Waals surface area contributed by atoms with Crippen LogP contribution in [0.4, 0.5) is 0 Å². The summed E-state index contributed by atoms with van der Waals surface area (Å²) in [4.78, 5) is 2.67. The first-order valence-electron chi connectivity index (χ1n) is 7.50. The zero-order valence-electron chi connectivity index (χ0n) is 13.0. The summed E-state index contributed by atoms with van der Waals surface area (Å²) in [5.74, 6) is 1.00. The van der Waals surface area contributed by atoms with Crippen molar-refractivity contribution in [2.45, 2.75) is 59.0 Å². The van der Waals surface area contributed by atoms with Gasteiger partial charge in [0.25, 0.3) is 0 Å². The molecule has 0 spiro atoms. The van der Waals surface area contributed by atoms with E-state index in [0.29, 0.717) is 6.04 Å². The fourth-order valence-corrected chi connectivity index (χ4v) is 3.48. The summed E-state index contributed by atoms with van der Waals surface area (Å²) >= 11 is 0. The topological polar surface area (TPSA) is 12.5 Å². The zero-order chi connectivity index (χ0) is 14.0. The van der Waals surface area contributed by atoms with Crippen LogP contribution in [0.25, 0.3) is 0 Å². The molecule has 19 heavy (non-hydrogen) atoms. The molecule has 0 saturated carbocycles. The highest BCUT2D eigenvalue weighted by molar-refractivity contribution is 5.44. The van der Waals surface area contributed by atoms with E-state index >= 15 is 0 Å². The molecule has 2 heteroatoms. The monoisotopic (exact) mass is 261 g/mol. The van der Waals surface area contributed by atoms with Crippen molar-refractivity contribution < 1.29 is 4.74 Å². The van der Waals surface area contributed by atoms with Crippen molar-refractivity contribution in [2.24, 2.45) is 0 Å². The van der Waals surface area contributed by atoms with Gasteiger partial charge in [-0.3, -0.25) is 4.90 Å². The largest absolute Gasteiger partial charge is 0.496 e. The molecule has 2 atom stereocenters. The molecule has 1 aliphatic heterocycles. The number of nitrogens with zero attached hydrogens (tertiary/aromatic N) is 1. The number of hydrogen-bond donors (Lipinski definition) is 0. The van der Waals surface area contributed by atoms with Crippen LogP contribution in [0.2, 0.25) is 0 Å². The quantitative estimate of drug-likeness (QED) is 0.803. The van der Waals surface area contributed by atoms with E-state index in [1.165, 1.54) is 42.5 Å². The van der Waals surface area contributed by atoms with Crippen LogP contribution in [0.3, 0.4) is 0 Å². The molecule has 0 radical (unpaired) electrons. The molecule has 1 heterocycles. The number of likely N-dealkylation sites (tertiary alicyclic amines) is 1. The van der Waals surface area contributed by atoms with Gasteiger partial charge in [0.15, 0.2) is 0 Å². The highest BCUT2D eigenvalue weighted by atomic mass is 16.5. The third-order valence-corrected chi connectivity index (χ3v) is 4.84. The predicted octanol–water partition coefficient (Wildman–Crippen LogP) is 4.25. The first-order chi connectivity index (χ1) is 9.10. The SMILES string of the molecule is CCC1CCCN1[C@@H](C)c1ccc(OC)c(C)c1C. The summed E-state index contributed by atoms with van der Waals surface area (Å²) in [7, 11) is 1.75. The Kier molecular flexibility index (Phi) is 4.51. The Morgan fingerprint density at radius 2 is 2.05 bits per heavy atom. The molecule has 1 aliphatic rings. The van der Waals surface area contributed by atoms with Crippen molar-refractivity contribution in [3.8, 4) is 5.75 Å². The van der Waals surface area contributed by atoms with Crippen LogP contribution in [-0.2, 0) is 0 Å². The molecule has 2 rings (SSSR count). The Bertz CT molecular complexity index is 441. The Morgan fingerprint density at radius 1 is 1.32 bits per heavy atom. The maximum atomic E-state index is 5.41. The van der Waals surface area contributed by atoms with E-state index in [1.54, 1.807) is 7.11 Å². The van der Waals surface area contributed by atoms with E-state index in [9.17, 15) is 0 Å². The van der Waals surface area contributed by atoms with Gasteiger partial charge in [-0.05, 0) is 69.3 Å². The maximum absolute atomic E-state index is 5.41. The van der Waals surface area contributed by atoms with Gasteiger partial charge in [-0.1, -0.05) is 13.0 Å². The molecule has 1 saturated heterocycles. The lowest BCUT2D eigenvalue weighted by molar-refractivity contribution is 0.188. The third-order valence-electron chi connectivity index (χ3n) is 4.84. The Balaban J connectivity index is 2.29. The van der Waals surface area contributed by atoms with Crippen molar-refractivity contribution in [1.29, 1.82) is 0 Å². The maximum Gasteiger partial charge on any atom is 0.122 e. The predicted molar refractivity (Wildman–Crippen MR) is 80.9 cm³/mol.